The molecule has 1 radical (unpaired) electrons. The summed E-state index contributed by atoms with van der Waals surface area (Å²) in [6.07, 6.45) is 1.78. The Hall–Kier alpha value is -2.34. The second kappa shape index (κ2) is 8.80. The Morgan fingerprint density at radius 3 is 2.53 bits per heavy atom. The number of thiophene rings is 1. The third-order valence-electron chi connectivity index (χ3n) is 4.88. The van der Waals surface area contributed by atoms with Crippen molar-refractivity contribution in [3.05, 3.63) is 84.1 Å². The number of rotatable bonds is 3. The molecule has 5 rings (SSSR count). The van der Waals surface area contributed by atoms with E-state index in [1.54, 1.807) is 30.7 Å². The van der Waals surface area contributed by atoms with E-state index in [0.717, 1.165) is 31.3 Å². The van der Waals surface area contributed by atoms with Crippen molar-refractivity contribution in [3.63, 3.8) is 0 Å². The third kappa shape index (κ3) is 3.51. The Bertz CT molecular complexity index is 1450. The standard InChI is InChI=1S/C23H14NO3S.CH3.Y/c1-13-11-19(26)16-7-4-6-14(22(16)27-13)15-9-10-18(24-12-25)21-17-5-2-3-8-20(17)28-23(15)21;;/h2-11H,1H3,(H,24,25);1H3;/q2*-1;. The smallest absolute Gasteiger partial charge is 0.192 e. The minimum Gasteiger partial charge on any atom is -0.490 e. The van der Waals surface area contributed by atoms with Crippen LogP contribution in [0.1, 0.15) is 5.76 Å². The molecule has 3 aromatic carbocycles. The summed E-state index contributed by atoms with van der Waals surface area (Å²) in [7, 11) is 0. The average molecular weight is 488 g/mol. The van der Waals surface area contributed by atoms with E-state index in [1.165, 1.54) is 6.07 Å². The van der Waals surface area contributed by atoms with E-state index in [-0.39, 0.29) is 45.6 Å². The first-order valence-corrected chi connectivity index (χ1v) is 9.60. The summed E-state index contributed by atoms with van der Waals surface area (Å²) in [6.45, 7) is 1.78. The van der Waals surface area contributed by atoms with Crippen LogP contribution in [0.2, 0.25) is 0 Å². The normalized spacial score (nSPS) is 10.6. The Morgan fingerprint density at radius 2 is 1.73 bits per heavy atom. The van der Waals surface area contributed by atoms with Gasteiger partial charge in [-0.15, -0.1) is 23.1 Å². The number of carbonyl (C=O) groups excluding carboxylic acids is 1. The summed E-state index contributed by atoms with van der Waals surface area (Å²) in [5.41, 5.74) is 3.06. The van der Waals surface area contributed by atoms with Crippen molar-refractivity contribution in [2.75, 3.05) is 5.32 Å². The molecule has 0 unspecified atom stereocenters. The van der Waals surface area contributed by atoms with Crippen LogP contribution in [0.3, 0.4) is 0 Å². The van der Waals surface area contributed by atoms with Crippen LogP contribution in [-0.2, 0) is 37.5 Å². The molecule has 147 valence electrons. The number of amides is 1. The fourth-order valence-corrected chi connectivity index (χ4v) is 4.96. The topological polar surface area (TPSA) is 59.3 Å². The summed E-state index contributed by atoms with van der Waals surface area (Å²) < 4.78 is 8.10. The van der Waals surface area contributed by atoms with Crippen molar-refractivity contribution in [3.8, 4) is 11.1 Å². The molecular formula is C24H17NO3SY-2. The van der Waals surface area contributed by atoms with Crippen molar-refractivity contribution >= 4 is 54.6 Å². The fourth-order valence-electron chi connectivity index (χ4n) is 3.71. The molecular weight excluding hydrogens is 471 g/mol. The average Bonchev–Trinajstić information content (AvgIpc) is 3.08. The molecule has 5 aromatic rings. The maximum Gasteiger partial charge on any atom is 0.192 e. The van der Waals surface area contributed by atoms with E-state index < -0.39 is 0 Å². The first kappa shape index (κ1) is 22.4. The van der Waals surface area contributed by atoms with Crippen molar-refractivity contribution in [1.29, 1.82) is 0 Å². The zero-order chi connectivity index (χ0) is 19.3. The van der Waals surface area contributed by atoms with E-state index in [2.05, 4.69) is 11.4 Å². The van der Waals surface area contributed by atoms with Gasteiger partial charge in [-0.05, 0) is 24.4 Å². The SMILES string of the molecule is Cc1cc(=O)c2cccc(-c3ccc(N[C-]=O)c4c3sc3ccccc34)c2o1.[CH3-].[Y]. The van der Waals surface area contributed by atoms with Gasteiger partial charge in [0.25, 0.3) is 0 Å². The van der Waals surface area contributed by atoms with Gasteiger partial charge < -0.3 is 22.0 Å². The number of hydrogen-bond donors (Lipinski definition) is 1. The van der Waals surface area contributed by atoms with E-state index in [9.17, 15) is 9.59 Å². The molecule has 0 atom stereocenters. The zero-order valence-electron chi connectivity index (χ0n) is 16.5. The number of benzene rings is 3. The maximum atomic E-state index is 12.4. The van der Waals surface area contributed by atoms with Crippen LogP contribution in [0.15, 0.2) is 69.9 Å². The number of nitrogens with one attached hydrogen (secondary N) is 1. The van der Waals surface area contributed by atoms with Crippen LogP contribution in [-0.4, -0.2) is 6.41 Å². The largest absolute Gasteiger partial charge is 0.490 e. The van der Waals surface area contributed by atoms with Crippen molar-refractivity contribution in [2.24, 2.45) is 0 Å². The van der Waals surface area contributed by atoms with Gasteiger partial charge in [0.05, 0.1) is 11.8 Å². The van der Waals surface area contributed by atoms with E-state index >= 15 is 0 Å². The van der Waals surface area contributed by atoms with Crippen LogP contribution in [0.4, 0.5) is 5.69 Å². The van der Waals surface area contributed by atoms with Crippen LogP contribution in [0, 0.1) is 14.4 Å². The van der Waals surface area contributed by atoms with Gasteiger partial charge in [0, 0.05) is 59.3 Å². The number of aryl methyl sites for hydroxylation is 1. The quantitative estimate of drug-likeness (QED) is 0.248. The third-order valence-corrected chi connectivity index (χ3v) is 6.08. The van der Waals surface area contributed by atoms with E-state index in [4.69, 9.17) is 4.42 Å². The molecule has 2 aromatic heterocycles. The van der Waals surface area contributed by atoms with Gasteiger partial charge in [-0.25, -0.2) is 0 Å². The van der Waals surface area contributed by atoms with Crippen molar-refractivity contribution in [1.82, 2.24) is 0 Å². The molecule has 0 fully saturated rings. The molecule has 0 aliphatic carbocycles. The van der Waals surface area contributed by atoms with Gasteiger partial charge in [-0.3, -0.25) is 4.79 Å². The maximum absolute atomic E-state index is 12.4. The van der Waals surface area contributed by atoms with Gasteiger partial charge in [0.2, 0.25) is 0 Å². The van der Waals surface area contributed by atoms with Gasteiger partial charge >= 0.3 is 0 Å². The van der Waals surface area contributed by atoms with Crippen LogP contribution in [0.5, 0.6) is 0 Å². The van der Waals surface area contributed by atoms with Gasteiger partial charge in [-0.1, -0.05) is 41.8 Å². The van der Waals surface area contributed by atoms with E-state index in [0.29, 0.717) is 22.4 Å². The monoisotopic (exact) mass is 488 g/mol. The molecule has 0 saturated carbocycles. The van der Waals surface area contributed by atoms with Gasteiger partial charge in [0.1, 0.15) is 11.3 Å². The molecule has 1 N–H and O–H groups in total. The molecule has 2 heterocycles. The molecule has 0 bridgehead atoms. The van der Waals surface area contributed by atoms with E-state index in [1.807, 2.05) is 42.5 Å². The van der Waals surface area contributed by atoms with Gasteiger partial charge in [-0.2, -0.15) is 0 Å². The number of fused-ring (bicyclic) bond motifs is 4. The summed E-state index contributed by atoms with van der Waals surface area (Å²) in [5.74, 6) is 0.575. The molecule has 0 saturated heterocycles. The predicted octanol–water partition coefficient (Wildman–Crippen LogP) is 6.06. The van der Waals surface area contributed by atoms with Crippen molar-refractivity contribution < 1.29 is 41.9 Å². The second-order valence-corrected chi connectivity index (χ2v) is 7.65. The summed E-state index contributed by atoms with van der Waals surface area (Å²) in [6, 6.07) is 19.0. The molecule has 0 aliphatic rings. The number of anilines is 1. The van der Waals surface area contributed by atoms with Crippen molar-refractivity contribution in [2.45, 2.75) is 6.92 Å². The Balaban J connectivity index is 0.00000128. The number of hydrogen-bond acceptors (Lipinski definition) is 4. The predicted molar refractivity (Wildman–Crippen MR) is 121 cm³/mol. The molecule has 1 amide bonds. The van der Waals surface area contributed by atoms with Gasteiger partial charge in [0.15, 0.2) is 5.43 Å². The van der Waals surface area contributed by atoms with Crippen LogP contribution in [0.25, 0.3) is 42.3 Å². The number of para-hydroxylation sites is 1. The summed E-state index contributed by atoms with van der Waals surface area (Å²) >= 11 is 1.65. The Labute approximate surface area is 202 Å². The summed E-state index contributed by atoms with van der Waals surface area (Å²) in [4.78, 5) is 23.4. The minimum atomic E-state index is -0.0537. The van der Waals surface area contributed by atoms with Crippen LogP contribution < -0.4 is 10.7 Å². The summed E-state index contributed by atoms with van der Waals surface area (Å²) in [5, 5.41) is 5.28. The minimum absolute atomic E-state index is 0. The second-order valence-electron chi connectivity index (χ2n) is 6.59. The fraction of sp³-hybridized carbons (Fsp3) is 0.0417. The zero-order valence-corrected chi connectivity index (χ0v) is 20.1. The Morgan fingerprint density at radius 1 is 0.967 bits per heavy atom. The molecule has 6 heteroatoms. The first-order chi connectivity index (χ1) is 13.7. The molecule has 30 heavy (non-hydrogen) atoms. The molecule has 0 spiro atoms. The van der Waals surface area contributed by atoms with Crippen LogP contribution >= 0.6 is 11.3 Å². The Kier molecular flexibility index (Phi) is 6.56. The molecule has 0 aliphatic heterocycles. The molecule has 4 nitrogen and oxygen atoms in total. The first-order valence-electron chi connectivity index (χ1n) is 8.78.